The molecule has 0 aliphatic heterocycles. The van der Waals surface area contributed by atoms with Crippen LogP contribution >= 0.6 is 0 Å². The van der Waals surface area contributed by atoms with Crippen molar-refractivity contribution in [2.45, 2.75) is 33.1 Å². The van der Waals surface area contributed by atoms with Crippen molar-refractivity contribution in [3.63, 3.8) is 0 Å². The minimum atomic E-state index is 0.0757. The average molecular weight is 139 g/mol. The molecule has 56 valence electrons. The van der Waals surface area contributed by atoms with E-state index in [9.17, 15) is 4.79 Å². The van der Waals surface area contributed by atoms with Crippen LogP contribution in [0.5, 0.6) is 0 Å². The molecule has 0 fully saturated rings. The van der Waals surface area contributed by atoms with Gasteiger partial charge >= 0.3 is 0 Å². The van der Waals surface area contributed by atoms with Crippen LogP contribution in [0, 0.1) is 17.2 Å². The van der Waals surface area contributed by atoms with Crippen LogP contribution in [0.25, 0.3) is 0 Å². The van der Waals surface area contributed by atoms with Crippen LogP contribution in [0.15, 0.2) is 0 Å². The standard InChI is InChI=1S/C8H13NO/c1-3-7(4-2)8(10)5-6-9/h7H,3-5H2,1-2H3. The predicted octanol–water partition coefficient (Wildman–Crippen LogP) is 1.91. The molecule has 0 heterocycles. The number of carbonyl (C=O) groups excluding carboxylic acids is 1. The maximum absolute atomic E-state index is 11.0. The number of nitriles is 1. The molecular formula is C8H13NO. The van der Waals surface area contributed by atoms with Crippen molar-refractivity contribution in [3.05, 3.63) is 0 Å². The SMILES string of the molecule is CCC(CC)C(=O)CC#N. The first kappa shape index (κ1) is 9.16. The Bertz CT molecular complexity index is 142. The van der Waals surface area contributed by atoms with Crippen LogP contribution in [-0.2, 0) is 4.79 Å². The predicted molar refractivity (Wildman–Crippen MR) is 39.3 cm³/mol. The molecule has 0 amide bonds. The van der Waals surface area contributed by atoms with Crippen LogP contribution in [-0.4, -0.2) is 5.78 Å². The Morgan fingerprint density at radius 2 is 2.00 bits per heavy atom. The monoisotopic (exact) mass is 139 g/mol. The fourth-order valence-electron chi connectivity index (χ4n) is 0.966. The first-order chi connectivity index (χ1) is 4.76. The lowest BCUT2D eigenvalue weighted by Gasteiger charge is -2.06. The third-order valence-corrected chi connectivity index (χ3v) is 1.69. The van der Waals surface area contributed by atoms with Crippen LogP contribution < -0.4 is 0 Å². The molecule has 0 N–H and O–H groups in total. The van der Waals surface area contributed by atoms with Crippen molar-refractivity contribution < 1.29 is 4.79 Å². The molecule has 0 unspecified atom stereocenters. The zero-order chi connectivity index (χ0) is 7.98. The van der Waals surface area contributed by atoms with Gasteiger partial charge in [0.1, 0.15) is 5.78 Å². The number of ketones is 1. The fraction of sp³-hybridized carbons (Fsp3) is 0.750. The van der Waals surface area contributed by atoms with Gasteiger partial charge in [-0.3, -0.25) is 4.79 Å². The van der Waals surface area contributed by atoms with Crippen LogP contribution in [0.3, 0.4) is 0 Å². The van der Waals surface area contributed by atoms with Crippen molar-refractivity contribution in [2.75, 3.05) is 0 Å². The van der Waals surface area contributed by atoms with Gasteiger partial charge in [0, 0.05) is 5.92 Å². The van der Waals surface area contributed by atoms with Crippen LogP contribution in [0.2, 0.25) is 0 Å². The summed E-state index contributed by atoms with van der Waals surface area (Å²) in [7, 11) is 0. The third-order valence-electron chi connectivity index (χ3n) is 1.69. The largest absolute Gasteiger partial charge is 0.298 e. The highest BCUT2D eigenvalue weighted by Crippen LogP contribution is 2.09. The van der Waals surface area contributed by atoms with Gasteiger partial charge in [0.15, 0.2) is 0 Å². The summed E-state index contributed by atoms with van der Waals surface area (Å²) >= 11 is 0. The molecule has 10 heavy (non-hydrogen) atoms. The molecule has 0 aromatic heterocycles. The molecule has 0 aromatic rings. The molecular weight excluding hydrogens is 126 g/mol. The molecule has 0 atom stereocenters. The molecule has 0 radical (unpaired) electrons. The van der Waals surface area contributed by atoms with Crippen molar-refractivity contribution in [3.8, 4) is 6.07 Å². The minimum absolute atomic E-state index is 0.0757. The lowest BCUT2D eigenvalue weighted by atomic mass is 9.97. The zero-order valence-electron chi connectivity index (χ0n) is 6.55. The van der Waals surface area contributed by atoms with Gasteiger partial charge in [-0.15, -0.1) is 0 Å². The summed E-state index contributed by atoms with van der Waals surface area (Å²) in [6, 6.07) is 1.87. The van der Waals surface area contributed by atoms with E-state index in [1.807, 2.05) is 19.9 Å². The van der Waals surface area contributed by atoms with Crippen molar-refractivity contribution >= 4 is 5.78 Å². The number of hydrogen-bond acceptors (Lipinski definition) is 2. The summed E-state index contributed by atoms with van der Waals surface area (Å²) in [6.07, 6.45) is 1.79. The summed E-state index contributed by atoms with van der Waals surface area (Å²) in [4.78, 5) is 11.0. The number of hydrogen-bond donors (Lipinski definition) is 0. The first-order valence-electron chi connectivity index (χ1n) is 3.65. The summed E-state index contributed by atoms with van der Waals surface area (Å²) < 4.78 is 0. The Morgan fingerprint density at radius 1 is 1.50 bits per heavy atom. The van der Waals surface area contributed by atoms with Gasteiger partial charge in [0.2, 0.25) is 0 Å². The van der Waals surface area contributed by atoms with Gasteiger partial charge in [-0.1, -0.05) is 13.8 Å². The van der Waals surface area contributed by atoms with E-state index < -0.39 is 0 Å². The Balaban J connectivity index is 3.79. The van der Waals surface area contributed by atoms with E-state index in [0.717, 1.165) is 12.8 Å². The van der Waals surface area contributed by atoms with Gasteiger partial charge < -0.3 is 0 Å². The highest BCUT2D eigenvalue weighted by molar-refractivity contribution is 5.82. The summed E-state index contributed by atoms with van der Waals surface area (Å²) in [6.45, 7) is 3.95. The Labute approximate surface area is 61.8 Å². The van der Waals surface area contributed by atoms with E-state index in [2.05, 4.69) is 0 Å². The van der Waals surface area contributed by atoms with E-state index in [1.165, 1.54) is 0 Å². The number of Topliss-reactive ketones (excluding diaryl/α,β-unsaturated/α-hetero) is 1. The second-order valence-electron chi connectivity index (χ2n) is 2.31. The maximum atomic E-state index is 11.0. The maximum Gasteiger partial charge on any atom is 0.149 e. The second kappa shape index (κ2) is 4.99. The first-order valence-corrected chi connectivity index (χ1v) is 3.65. The van der Waals surface area contributed by atoms with Crippen molar-refractivity contribution in [1.82, 2.24) is 0 Å². The lowest BCUT2D eigenvalue weighted by molar-refractivity contribution is -0.122. The molecule has 0 aliphatic carbocycles. The Hall–Kier alpha value is -0.840. The topological polar surface area (TPSA) is 40.9 Å². The van der Waals surface area contributed by atoms with E-state index >= 15 is 0 Å². The molecule has 0 aromatic carbocycles. The molecule has 0 bridgehead atoms. The summed E-state index contributed by atoms with van der Waals surface area (Å²) in [5, 5.41) is 8.21. The molecule has 0 aliphatic rings. The van der Waals surface area contributed by atoms with Crippen LogP contribution in [0.4, 0.5) is 0 Å². The Kier molecular flexibility index (Phi) is 4.57. The van der Waals surface area contributed by atoms with Gasteiger partial charge in [0.25, 0.3) is 0 Å². The van der Waals surface area contributed by atoms with E-state index in [1.54, 1.807) is 0 Å². The lowest BCUT2D eigenvalue weighted by Crippen LogP contribution is -2.11. The molecule has 0 saturated heterocycles. The zero-order valence-corrected chi connectivity index (χ0v) is 6.55. The average Bonchev–Trinajstić information content (AvgIpc) is 1.91. The second-order valence-corrected chi connectivity index (χ2v) is 2.31. The summed E-state index contributed by atoms with van der Waals surface area (Å²) in [5.74, 6) is 0.201. The molecule has 0 spiro atoms. The highest BCUT2D eigenvalue weighted by Gasteiger charge is 2.12. The number of carbonyl (C=O) groups is 1. The van der Waals surface area contributed by atoms with Crippen LogP contribution in [0.1, 0.15) is 33.1 Å². The minimum Gasteiger partial charge on any atom is -0.298 e. The number of nitrogens with zero attached hydrogens (tertiary/aromatic N) is 1. The van der Waals surface area contributed by atoms with Gasteiger partial charge in [0.05, 0.1) is 12.5 Å². The third kappa shape index (κ3) is 2.63. The summed E-state index contributed by atoms with van der Waals surface area (Å²) in [5.41, 5.74) is 0. The van der Waals surface area contributed by atoms with Gasteiger partial charge in [-0.2, -0.15) is 5.26 Å². The van der Waals surface area contributed by atoms with Crippen molar-refractivity contribution in [2.24, 2.45) is 5.92 Å². The van der Waals surface area contributed by atoms with Gasteiger partial charge in [-0.25, -0.2) is 0 Å². The van der Waals surface area contributed by atoms with E-state index in [0.29, 0.717) is 0 Å². The van der Waals surface area contributed by atoms with Crippen molar-refractivity contribution in [1.29, 1.82) is 5.26 Å². The number of rotatable bonds is 4. The van der Waals surface area contributed by atoms with E-state index in [-0.39, 0.29) is 18.1 Å². The highest BCUT2D eigenvalue weighted by atomic mass is 16.1. The molecule has 2 heteroatoms. The quantitative estimate of drug-likeness (QED) is 0.597. The smallest absolute Gasteiger partial charge is 0.149 e. The van der Waals surface area contributed by atoms with E-state index in [4.69, 9.17) is 5.26 Å². The molecule has 0 rings (SSSR count). The molecule has 0 saturated carbocycles. The normalized spacial score (nSPS) is 9.40. The fourth-order valence-corrected chi connectivity index (χ4v) is 0.966. The Morgan fingerprint density at radius 3 is 2.30 bits per heavy atom. The molecule has 2 nitrogen and oxygen atoms in total. The van der Waals surface area contributed by atoms with Gasteiger partial charge in [-0.05, 0) is 12.8 Å².